The van der Waals surface area contributed by atoms with Gasteiger partial charge in [-0.15, -0.1) is 0 Å². The Balaban J connectivity index is 1.31. The number of nitrogens with one attached hydrogen (secondary N) is 1. The van der Waals surface area contributed by atoms with Crippen molar-refractivity contribution in [3.63, 3.8) is 0 Å². The number of carbonyl (C=O) groups excluding carboxylic acids is 2. The molecular formula is C36H35N3O2. The van der Waals surface area contributed by atoms with E-state index in [9.17, 15) is 9.59 Å². The van der Waals surface area contributed by atoms with Crippen molar-refractivity contribution in [3.8, 4) is 0 Å². The first-order chi connectivity index (χ1) is 19.9. The summed E-state index contributed by atoms with van der Waals surface area (Å²) in [5, 5.41) is 7.81. The van der Waals surface area contributed by atoms with Crippen molar-refractivity contribution in [2.24, 2.45) is 5.73 Å². The van der Waals surface area contributed by atoms with Crippen LogP contribution in [0.3, 0.4) is 0 Å². The highest BCUT2D eigenvalue weighted by Crippen LogP contribution is 2.30. The molecule has 2 aliphatic carbocycles. The van der Waals surface area contributed by atoms with Gasteiger partial charge in [-0.1, -0.05) is 66.7 Å². The maximum absolute atomic E-state index is 13.8. The number of amides is 1. The summed E-state index contributed by atoms with van der Waals surface area (Å²) in [7, 11) is 4.24. The van der Waals surface area contributed by atoms with Gasteiger partial charge in [-0.05, 0) is 101 Å². The van der Waals surface area contributed by atoms with Gasteiger partial charge < -0.3 is 11.1 Å². The van der Waals surface area contributed by atoms with Crippen molar-refractivity contribution < 1.29 is 9.59 Å². The molecule has 0 saturated carbocycles. The smallest absolute Gasteiger partial charge is 0.228 e. The fourth-order valence-electron chi connectivity index (χ4n) is 6.29. The molecule has 41 heavy (non-hydrogen) atoms. The second kappa shape index (κ2) is 11.3. The molecule has 0 fully saturated rings. The molecule has 0 heterocycles. The molecule has 6 rings (SSSR count). The van der Waals surface area contributed by atoms with E-state index in [1.807, 2.05) is 48.5 Å². The molecule has 1 atom stereocenters. The van der Waals surface area contributed by atoms with Gasteiger partial charge in [0.1, 0.15) is 0 Å². The first-order valence-electron chi connectivity index (χ1n) is 14.3. The third-order valence-corrected chi connectivity index (χ3v) is 8.27. The van der Waals surface area contributed by atoms with Gasteiger partial charge in [0.25, 0.3) is 0 Å². The highest BCUT2D eigenvalue weighted by molar-refractivity contribution is 6.24. The summed E-state index contributed by atoms with van der Waals surface area (Å²) in [6.07, 6.45) is 5.29. The van der Waals surface area contributed by atoms with Crippen molar-refractivity contribution in [2.45, 2.75) is 38.3 Å². The lowest BCUT2D eigenvalue weighted by molar-refractivity contribution is -0.115. The topological polar surface area (TPSA) is 75.4 Å². The van der Waals surface area contributed by atoms with E-state index in [2.05, 4.69) is 66.8 Å². The van der Waals surface area contributed by atoms with E-state index in [4.69, 9.17) is 5.73 Å². The van der Waals surface area contributed by atoms with E-state index >= 15 is 0 Å². The molecule has 3 N–H and O–H groups in total. The maximum Gasteiger partial charge on any atom is 0.228 e. The quantitative estimate of drug-likeness (QED) is 0.341. The Kier molecular flexibility index (Phi) is 7.39. The van der Waals surface area contributed by atoms with Gasteiger partial charge in [-0.3, -0.25) is 14.5 Å². The van der Waals surface area contributed by atoms with E-state index in [1.54, 1.807) is 0 Å². The fourth-order valence-corrected chi connectivity index (χ4v) is 6.29. The van der Waals surface area contributed by atoms with Crippen LogP contribution in [0.4, 0.5) is 5.69 Å². The number of nitrogens with zero attached hydrogens (tertiary/aromatic N) is 1. The average molecular weight is 542 g/mol. The molecule has 4 aromatic rings. The Hall–Kier alpha value is -4.32. The lowest BCUT2D eigenvalue weighted by Crippen LogP contribution is -2.31. The summed E-state index contributed by atoms with van der Waals surface area (Å²) >= 11 is 0. The first kappa shape index (κ1) is 26.9. The minimum absolute atomic E-state index is 0.0592. The minimum Gasteiger partial charge on any atom is -0.326 e. The second-order valence-corrected chi connectivity index (χ2v) is 11.2. The Bertz CT molecular complexity index is 1870. The van der Waals surface area contributed by atoms with E-state index in [1.165, 1.54) is 26.8 Å². The highest BCUT2D eigenvalue weighted by atomic mass is 16.1. The third-order valence-electron chi connectivity index (χ3n) is 8.27. The second-order valence-electron chi connectivity index (χ2n) is 11.2. The first-order valence-corrected chi connectivity index (χ1v) is 14.3. The van der Waals surface area contributed by atoms with E-state index < -0.39 is 0 Å². The molecule has 0 spiro atoms. The molecular weight excluding hydrogens is 506 g/mol. The zero-order valence-corrected chi connectivity index (χ0v) is 23.6. The van der Waals surface area contributed by atoms with Crippen LogP contribution in [0.25, 0.3) is 11.6 Å². The number of rotatable bonds is 7. The van der Waals surface area contributed by atoms with Crippen LogP contribution in [-0.2, 0) is 24.2 Å². The van der Waals surface area contributed by atoms with E-state index in [0.717, 1.165) is 41.2 Å². The van der Waals surface area contributed by atoms with Gasteiger partial charge in [0.15, 0.2) is 5.78 Å². The number of nitrogens with two attached hydrogens (primary N) is 1. The molecule has 0 aliphatic heterocycles. The molecule has 0 radical (unpaired) electrons. The summed E-state index contributed by atoms with van der Waals surface area (Å²) < 4.78 is 0. The Morgan fingerprint density at radius 1 is 0.854 bits per heavy atom. The summed E-state index contributed by atoms with van der Waals surface area (Å²) in [6.45, 7) is 0.444. The average Bonchev–Trinajstić information content (AvgIpc) is 3.00. The summed E-state index contributed by atoms with van der Waals surface area (Å²) in [5.41, 5.74) is 12.5. The van der Waals surface area contributed by atoms with Gasteiger partial charge in [0, 0.05) is 23.4 Å². The zero-order chi connectivity index (χ0) is 28.5. The van der Waals surface area contributed by atoms with Crippen molar-refractivity contribution >= 4 is 29.0 Å². The van der Waals surface area contributed by atoms with Crippen LogP contribution in [0.2, 0.25) is 0 Å². The lowest BCUT2D eigenvalue weighted by Gasteiger charge is -2.29. The Labute approximate surface area is 240 Å². The molecule has 0 saturated heterocycles. The zero-order valence-electron chi connectivity index (χ0n) is 23.6. The highest BCUT2D eigenvalue weighted by Gasteiger charge is 2.25. The molecule has 1 unspecified atom stereocenters. The lowest BCUT2D eigenvalue weighted by atomic mass is 9.82. The van der Waals surface area contributed by atoms with Crippen molar-refractivity contribution in [3.05, 3.63) is 134 Å². The standard InChI is InChI=1S/C36H35N3O2/c1-39(2)33-21-26-9-3-4-10-28(26)31-18-17-29-30(35(31)33)11-6-12-32(29)36(41)25-13-15-27(16-14-25)38-34(40)20-23-7-5-8-24(19-23)22-37/h3-5,7-10,13-19,21,33H,6,11-12,20,22,37H2,1-2H3,(H,38,40). The fraction of sp³-hybridized carbons (Fsp3) is 0.222. The molecule has 4 aromatic carbocycles. The molecule has 0 aromatic heterocycles. The van der Waals surface area contributed by atoms with E-state index in [0.29, 0.717) is 17.8 Å². The van der Waals surface area contributed by atoms with Crippen molar-refractivity contribution in [2.75, 3.05) is 19.4 Å². The Morgan fingerprint density at radius 3 is 2.39 bits per heavy atom. The van der Waals surface area contributed by atoms with Crippen molar-refractivity contribution in [1.29, 1.82) is 0 Å². The predicted molar refractivity (Wildman–Crippen MR) is 164 cm³/mol. The number of fused-ring (bicyclic) bond motifs is 4. The minimum atomic E-state index is -0.104. The molecule has 0 bridgehead atoms. The van der Waals surface area contributed by atoms with Crippen LogP contribution >= 0.6 is 0 Å². The number of benzene rings is 4. The Morgan fingerprint density at radius 2 is 1.61 bits per heavy atom. The van der Waals surface area contributed by atoms with Crippen LogP contribution in [0.5, 0.6) is 0 Å². The van der Waals surface area contributed by atoms with Crippen molar-refractivity contribution in [1.82, 2.24) is 4.90 Å². The SMILES string of the molecule is CN(C)C1C=c2ccccc2=c2ccc3c(c21)CCCC=3C(=O)c1ccc(NC(=O)Cc2cccc(CN)c2)cc1. The van der Waals surface area contributed by atoms with Gasteiger partial charge in [0.05, 0.1) is 12.5 Å². The summed E-state index contributed by atoms with van der Waals surface area (Å²) in [5.74, 6) is -0.0450. The molecule has 1 amide bonds. The van der Waals surface area contributed by atoms with Crippen LogP contribution in [0.1, 0.15) is 51.5 Å². The normalized spacial score (nSPS) is 15.4. The molecule has 5 nitrogen and oxygen atoms in total. The number of hydrogen-bond donors (Lipinski definition) is 2. The predicted octanol–water partition coefficient (Wildman–Crippen LogP) is 4.38. The van der Waals surface area contributed by atoms with Crippen LogP contribution in [0, 0.1) is 10.4 Å². The monoisotopic (exact) mass is 541 g/mol. The van der Waals surface area contributed by atoms with E-state index in [-0.39, 0.29) is 24.2 Å². The third kappa shape index (κ3) is 5.26. The largest absolute Gasteiger partial charge is 0.326 e. The number of anilines is 1. The van der Waals surface area contributed by atoms with Gasteiger partial charge in [-0.25, -0.2) is 0 Å². The van der Waals surface area contributed by atoms with Gasteiger partial charge in [-0.2, -0.15) is 0 Å². The van der Waals surface area contributed by atoms with Crippen LogP contribution in [-0.4, -0.2) is 30.7 Å². The molecule has 2 aliphatic rings. The van der Waals surface area contributed by atoms with Gasteiger partial charge >= 0.3 is 0 Å². The number of hydrogen-bond acceptors (Lipinski definition) is 4. The number of ketones is 1. The molecule has 5 heteroatoms. The summed E-state index contributed by atoms with van der Waals surface area (Å²) in [4.78, 5) is 28.7. The molecule has 206 valence electrons. The number of Topliss-reactive ketones (excluding diaryl/α,β-unsaturated/α-hetero) is 1. The number of carbonyl (C=O) groups is 2. The van der Waals surface area contributed by atoms with Crippen LogP contribution < -0.4 is 21.5 Å². The van der Waals surface area contributed by atoms with Gasteiger partial charge in [0.2, 0.25) is 5.91 Å². The summed E-state index contributed by atoms with van der Waals surface area (Å²) in [6, 6.07) is 28.1. The maximum atomic E-state index is 13.8. The van der Waals surface area contributed by atoms with Crippen LogP contribution in [0.15, 0.2) is 84.9 Å².